The predicted octanol–water partition coefficient (Wildman–Crippen LogP) is 2.44. The van der Waals surface area contributed by atoms with Crippen molar-refractivity contribution in [2.45, 2.75) is 31.6 Å². The lowest BCUT2D eigenvalue weighted by molar-refractivity contribution is 0.424. The van der Waals surface area contributed by atoms with Gasteiger partial charge in [0.05, 0.1) is 12.0 Å². The van der Waals surface area contributed by atoms with Crippen LogP contribution in [0.2, 0.25) is 0 Å². The minimum Gasteiger partial charge on any atom is -0.399 e. The molecule has 0 saturated carbocycles. The number of nitrogens with one attached hydrogen (secondary N) is 1. The molecule has 3 N–H and O–H groups in total. The average Bonchev–Trinajstić information content (AvgIpc) is 2.95. The Morgan fingerprint density at radius 1 is 1.35 bits per heavy atom. The molecule has 1 unspecified atom stereocenters. The lowest BCUT2D eigenvalue weighted by atomic mass is 9.79. The minimum absolute atomic E-state index is 0.163. The molecule has 1 atom stereocenters. The van der Waals surface area contributed by atoms with E-state index in [0.717, 1.165) is 24.9 Å². The van der Waals surface area contributed by atoms with E-state index in [1.54, 1.807) is 6.33 Å². The Morgan fingerprint density at radius 3 is 2.88 bits per heavy atom. The maximum Gasteiger partial charge on any atom is 0.0923 e. The van der Waals surface area contributed by atoms with Crippen LogP contribution in [0.5, 0.6) is 0 Å². The zero-order valence-electron chi connectivity index (χ0n) is 10.0. The molecule has 1 aromatic carbocycles. The first-order valence-electron chi connectivity index (χ1n) is 6.10. The van der Waals surface area contributed by atoms with Gasteiger partial charge in [-0.05, 0) is 42.5 Å². The number of rotatable bonds is 2. The van der Waals surface area contributed by atoms with Gasteiger partial charge in [-0.15, -0.1) is 0 Å². The van der Waals surface area contributed by atoms with Crippen LogP contribution in [0.4, 0.5) is 5.69 Å². The number of hydrogen-bond acceptors (Lipinski definition) is 2. The van der Waals surface area contributed by atoms with Crippen molar-refractivity contribution in [2.24, 2.45) is 0 Å². The van der Waals surface area contributed by atoms with Crippen LogP contribution in [0.15, 0.2) is 30.7 Å². The highest BCUT2D eigenvalue weighted by molar-refractivity contribution is 5.49. The second kappa shape index (κ2) is 3.62. The largest absolute Gasteiger partial charge is 0.399 e. The quantitative estimate of drug-likeness (QED) is 0.774. The summed E-state index contributed by atoms with van der Waals surface area (Å²) in [4.78, 5) is 7.53. The average molecular weight is 227 g/mol. The summed E-state index contributed by atoms with van der Waals surface area (Å²) in [5, 5.41) is 0. The van der Waals surface area contributed by atoms with Gasteiger partial charge in [-0.2, -0.15) is 0 Å². The molecule has 2 aromatic rings. The van der Waals surface area contributed by atoms with E-state index in [-0.39, 0.29) is 5.41 Å². The van der Waals surface area contributed by atoms with Crippen LogP contribution >= 0.6 is 0 Å². The van der Waals surface area contributed by atoms with E-state index in [0.29, 0.717) is 0 Å². The summed E-state index contributed by atoms with van der Waals surface area (Å²) in [7, 11) is 0. The van der Waals surface area contributed by atoms with Crippen molar-refractivity contribution in [3.05, 3.63) is 47.5 Å². The first-order valence-corrected chi connectivity index (χ1v) is 6.10. The third-order valence-electron chi connectivity index (χ3n) is 4.01. The van der Waals surface area contributed by atoms with Crippen molar-refractivity contribution in [1.29, 1.82) is 0 Å². The fourth-order valence-electron chi connectivity index (χ4n) is 2.94. The number of aromatic amines is 1. The number of imidazole rings is 1. The Kier molecular flexibility index (Phi) is 2.21. The van der Waals surface area contributed by atoms with E-state index in [9.17, 15) is 0 Å². The normalized spacial score (nSPS) is 22.6. The molecule has 0 spiro atoms. The molecule has 0 saturated heterocycles. The van der Waals surface area contributed by atoms with E-state index in [1.807, 2.05) is 12.3 Å². The summed E-state index contributed by atoms with van der Waals surface area (Å²) in [5.74, 6) is 0. The van der Waals surface area contributed by atoms with Gasteiger partial charge in [-0.1, -0.05) is 13.0 Å². The monoisotopic (exact) mass is 227 g/mol. The smallest absolute Gasteiger partial charge is 0.0923 e. The van der Waals surface area contributed by atoms with E-state index < -0.39 is 0 Å². The zero-order chi connectivity index (χ0) is 11.9. The number of nitrogens with two attached hydrogens (primary N) is 1. The van der Waals surface area contributed by atoms with Crippen LogP contribution in [0.25, 0.3) is 0 Å². The number of benzene rings is 1. The lowest BCUT2D eigenvalue weighted by Gasteiger charge is -2.25. The van der Waals surface area contributed by atoms with E-state index in [4.69, 9.17) is 5.73 Å². The first kappa shape index (κ1) is 10.4. The molecule has 17 heavy (non-hydrogen) atoms. The zero-order valence-corrected chi connectivity index (χ0v) is 10.0. The molecular formula is C14H17N3. The van der Waals surface area contributed by atoms with Crippen LogP contribution in [0.3, 0.4) is 0 Å². The molecule has 1 aromatic heterocycles. The molecule has 0 bridgehead atoms. The van der Waals surface area contributed by atoms with Gasteiger partial charge in [0.2, 0.25) is 0 Å². The molecule has 0 radical (unpaired) electrons. The minimum atomic E-state index is 0.163. The fraction of sp³-hybridized carbons (Fsp3) is 0.357. The standard InChI is InChI=1S/C14H17N3/c1-2-14(13-8-16-9-17-13)6-10-3-4-12(15)5-11(10)7-14/h3-5,8-9H,2,6-7,15H2,1H3,(H,16,17). The summed E-state index contributed by atoms with van der Waals surface area (Å²) in [6.45, 7) is 2.24. The number of fused-ring (bicyclic) bond motifs is 1. The van der Waals surface area contributed by atoms with Gasteiger partial charge in [0.25, 0.3) is 0 Å². The van der Waals surface area contributed by atoms with Crippen LogP contribution in [-0.2, 0) is 18.3 Å². The maximum absolute atomic E-state index is 5.86. The van der Waals surface area contributed by atoms with Crippen LogP contribution in [-0.4, -0.2) is 9.97 Å². The number of nitrogens with zero attached hydrogens (tertiary/aromatic N) is 1. The summed E-state index contributed by atoms with van der Waals surface area (Å²) in [6.07, 6.45) is 7.02. The second-order valence-corrected chi connectivity index (χ2v) is 4.97. The van der Waals surface area contributed by atoms with Gasteiger partial charge in [0.15, 0.2) is 0 Å². The van der Waals surface area contributed by atoms with Crippen molar-refractivity contribution in [2.75, 3.05) is 5.73 Å². The summed E-state index contributed by atoms with van der Waals surface area (Å²) in [5.41, 5.74) is 10.9. The summed E-state index contributed by atoms with van der Waals surface area (Å²) >= 11 is 0. The molecule has 88 valence electrons. The molecule has 1 heterocycles. The highest BCUT2D eigenvalue weighted by Gasteiger charge is 2.38. The number of nitrogen functional groups attached to an aromatic ring is 1. The van der Waals surface area contributed by atoms with Gasteiger partial charge >= 0.3 is 0 Å². The summed E-state index contributed by atoms with van der Waals surface area (Å²) in [6, 6.07) is 6.27. The van der Waals surface area contributed by atoms with Crippen molar-refractivity contribution in [3.63, 3.8) is 0 Å². The third-order valence-corrected chi connectivity index (χ3v) is 4.01. The predicted molar refractivity (Wildman–Crippen MR) is 68.8 cm³/mol. The van der Waals surface area contributed by atoms with Gasteiger partial charge in [-0.3, -0.25) is 0 Å². The number of H-pyrrole nitrogens is 1. The van der Waals surface area contributed by atoms with Crippen molar-refractivity contribution in [3.8, 4) is 0 Å². The molecule has 3 rings (SSSR count). The molecule has 1 aliphatic carbocycles. The van der Waals surface area contributed by atoms with Gasteiger partial charge in [-0.25, -0.2) is 4.98 Å². The van der Waals surface area contributed by atoms with Crippen LogP contribution in [0, 0.1) is 0 Å². The van der Waals surface area contributed by atoms with Gasteiger partial charge in [0, 0.05) is 17.3 Å². The third kappa shape index (κ3) is 1.54. The van der Waals surface area contributed by atoms with E-state index in [2.05, 4.69) is 29.0 Å². The highest BCUT2D eigenvalue weighted by Crippen LogP contribution is 2.41. The number of anilines is 1. The molecule has 1 aliphatic rings. The van der Waals surface area contributed by atoms with Crippen LogP contribution < -0.4 is 5.73 Å². The van der Waals surface area contributed by atoms with Gasteiger partial charge < -0.3 is 10.7 Å². The van der Waals surface area contributed by atoms with E-state index in [1.165, 1.54) is 16.8 Å². The first-order chi connectivity index (χ1) is 8.23. The Bertz CT molecular complexity index is 530. The fourth-order valence-corrected chi connectivity index (χ4v) is 2.94. The topological polar surface area (TPSA) is 54.7 Å². The SMILES string of the molecule is CCC1(c2c[nH]cn2)Cc2ccc(N)cc2C1. The van der Waals surface area contributed by atoms with Crippen molar-refractivity contribution >= 4 is 5.69 Å². The maximum atomic E-state index is 5.86. The number of aromatic nitrogens is 2. The van der Waals surface area contributed by atoms with Crippen LogP contribution in [0.1, 0.15) is 30.2 Å². The molecular weight excluding hydrogens is 210 g/mol. The lowest BCUT2D eigenvalue weighted by Crippen LogP contribution is -2.26. The molecule has 0 fully saturated rings. The van der Waals surface area contributed by atoms with Crippen molar-refractivity contribution in [1.82, 2.24) is 9.97 Å². The van der Waals surface area contributed by atoms with Gasteiger partial charge in [0.1, 0.15) is 0 Å². The van der Waals surface area contributed by atoms with E-state index >= 15 is 0 Å². The van der Waals surface area contributed by atoms with Crippen molar-refractivity contribution < 1.29 is 0 Å². The Morgan fingerprint density at radius 2 is 2.18 bits per heavy atom. The Labute approximate surface area is 101 Å². The number of hydrogen-bond donors (Lipinski definition) is 2. The highest BCUT2D eigenvalue weighted by atomic mass is 14.9. The Hall–Kier alpha value is -1.77. The molecule has 0 aliphatic heterocycles. The molecule has 3 heteroatoms. The second-order valence-electron chi connectivity index (χ2n) is 4.97. The Balaban J connectivity index is 2.03. The molecule has 3 nitrogen and oxygen atoms in total. The summed E-state index contributed by atoms with van der Waals surface area (Å²) < 4.78 is 0. The molecule has 0 amide bonds.